The van der Waals surface area contributed by atoms with Crippen molar-refractivity contribution >= 4 is 40.4 Å². The smallest absolute Gasteiger partial charge is 0.293 e. The second-order valence-electron chi connectivity index (χ2n) is 5.16. The van der Waals surface area contributed by atoms with Crippen LogP contribution in [0.25, 0.3) is 17.4 Å². The van der Waals surface area contributed by atoms with E-state index in [2.05, 4.69) is 0 Å². The SMILES string of the molecule is CN1C(=O)S/C(=C\c2ccc(-c3ccc([N+](=O)[O-])cc3[N+](=O)[O-])o2)C1=O. The maximum Gasteiger partial charge on any atom is 0.293 e. The number of hydrogen-bond acceptors (Lipinski definition) is 8. The molecule has 1 saturated heterocycles. The van der Waals surface area contributed by atoms with Gasteiger partial charge in [0.2, 0.25) is 0 Å². The molecule has 0 atom stereocenters. The Morgan fingerprint density at radius 2 is 1.85 bits per heavy atom. The van der Waals surface area contributed by atoms with Crippen LogP contribution in [0.2, 0.25) is 0 Å². The van der Waals surface area contributed by atoms with Crippen molar-refractivity contribution in [2.24, 2.45) is 0 Å². The van der Waals surface area contributed by atoms with E-state index in [-0.39, 0.29) is 22.0 Å². The standard InChI is InChI=1S/C15H9N3O7S/c1-16-14(19)13(26-15(16)20)7-9-3-5-12(25-9)10-4-2-8(17(21)22)6-11(10)18(23)24/h2-7H,1H3/b13-7-. The molecule has 0 radical (unpaired) electrons. The van der Waals surface area contributed by atoms with Gasteiger partial charge < -0.3 is 4.42 Å². The number of carbonyl (C=O) groups is 2. The Balaban J connectivity index is 1.98. The number of nitro benzene ring substituents is 2. The van der Waals surface area contributed by atoms with Crippen molar-refractivity contribution in [2.45, 2.75) is 0 Å². The van der Waals surface area contributed by atoms with Gasteiger partial charge in [0.25, 0.3) is 22.5 Å². The van der Waals surface area contributed by atoms with Crippen LogP contribution in [0.3, 0.4) is 0 Å². The summed E-state index contributed by atoms with van der Waals surface area (Å²) < 4.78 is 5.50. The Morgan fingerprint density at radius 1 is 1.12 bits per heavy atom. The first-order valence-electron chi connectivity index (χ1n) is 7.02. The van der Waals surface area contributed by atoms with E-state index in [1.165, 1.54) is 31.3 Å². The van der Waals surface area contributed by atoms with E-state index in [1.807, 2.05) is 0 Å². The van der Waals surface area contributed by atoms with Gasteiger partial charge in [-0.05, 0) is 30.0 Å². The zero-order valence-corrected chi connectivity index (χ0v) is 13.9. The molecule has 0 bridgehead atoms. The van der Waals surface area contributed by atoms with Crippen LogP contribution in [0, 0.1) is 20.2 Å². The highest BCUT2D eigenvalue weighted by Crippen LogP contribution is 2.36. The van der Waals surface area contributed by atoms with Gasteiger partial charge in [-0.1, -0.05) is 0 Å². The molecule has 11 heteroatoms. The number of nitrogens with zero attached hydrogens (tertiary/aromatic N) is 3. The molecular formula is C15H9N3O7S. The van der Waals surface area contributed by atoms with E-state index in [1.54, 1.807) is 0 Å². The number of likely N-dealkylation sites (N-methyl/N-ethyl adjacent to an activating group) is 1. The summed E-state index contributed by atoms with van der Waals surface area (Å²) in [6, 6.07) is 6.12. The number of carbonyl (C=O) groups excluding carboxylic acids is 2. The first-order valence-corrected chi connectivity index (χ1v) is 7.84. The molecule has 0 N–H and O–H groups in total. The number of amides is 2. The summed E-state index contributed by atoms with van der Waals surface area (Å²) in [7, 11) is 1.35. The topological polar surface area (TPSA) is 137 Å². The van der Waals surface area contributed by atoms with Crippen LogP contribution in [0.5, 0.6) is 0 Å². The molecule has 2 heterocycles. The van der Waals surface area contributed by atoms with Crippen LogP contribution >= 0.6 is 11.8 Å². The van der Waals surface area contributed by atoms with E-state index in [9.17, 15) is 29.8 Å². The van der Waals surface area contributed by atoms with Gasteiger partial charge in [0.05, 0.1) is 26.4 Å². The highest BCUT2D eigenvalue weighted by Gasteiger charge is 2.32. The number of benzene rings is 1. The fourth-order valence-corrected chi connectivity index (χ4v) is 3.05. The molecule has 1 aliphatic rings. The third-order valence-electron chi connectivity index (χ3n) is 3.54. The average molecular weight is 375 g/mol. The van der Waals surface area contributed by atoms with Crippen LogP contribution < -0.4 is 0 Å². The summed E-state index contributed by atoms with van der Waals surface area (Å²) in [5.74, 6) is -0.153. The highest BCUT2D eigenvalue weighted by atomic mass is 32.2. The summed E-state index contributed by atoms with van der Waals surface area (Å²) >= 11 is 0.750. The van der Waals surface area contributed by atoms with Crippen molar-refractivity contribution in [1.82, 2.24) is 4.90 Å². The first kappa shape index (κ1) is 17.4. The summed E-state index contributed by atoms with van der Waals surface area (Å²) in [4.78, 5) is 45.0. The first-order chi connectivity index (χ1) is 12.3. The maximum absolute atomic E-state index is 11.9. The van der Waals surface area contributed by atoms with Crippen molar-refractivity contribution in [3.8, 4) is 11.3 Å². The lowest BCUT2D eigenvalue weighted by Crippen LogP contribution is -2.22. The molecule has 0 spiro atoms. The lowest BCUT2D eigenvalue weighted by Gasteiger charge is -2.01. The molecule has 132 valence electrons. The molecule has 10 nitrogen and oxygen atoms in total. The summed E-state index contributed by atoms with van der Waals surface area (Å²) in [6.07, 6.45) is 1.36. The lowest BCUT2D eigenvalue weighted by molar-refractivity contribution is -0.393. The van der Waals surface area contributed by atoms with Gasteiger partial charge in [0, 0.05) is 19.2 Å². The summed E-state index contributed by atoms with van der Waals surface area (Å²) in [6.45, 7) is 0. The molecule has 1 fully saturated rings. The van der Waals surface area contributed by atoms with Crippen molar-refractivity contribution in [3.05, 3.63) is 61.2 Å². The molecule has 0 saturated carbocycles. The molecular weight excluding hydrogens is 366 g/mol. The quantitative estimate of drug-likeness (QED) is 0.450. The predicted octanol–water partition coefficient (Wildman–Crippen LogP) is 3.43. The van der Waals surface area contributed by atoms with Gasteiger partial charge in [0.1, 0.15) is 11.5 Å². The van der Waals surface area contributed by atoms with Crippen LogP contribution in [0.4, 0.5) is 16.2 Å². The normalized spacial score (nSPS) is 15.7. The fraction of sp³-hybridized carbons (Fsp3) is 0.0667. The van der Waals surface area contributed by atoms with Crippen LogP contribution in [-0.4, -0.2) is 32.9 Å². The second-order valence-corrected chi connectivity index (χ2v) is 6.15. The van der Waals surface area contributed by atoms with Crippen molar-refractivity contribution in [1.29, 1.82) is 0 Å². The lowest BCUT2D eigenvalue weighted by atomic mass is 10.1. The Labute approximate surface area is 149 Å². The van der Waals surface area contributed by atoms with Crippen LogP contribution in [-0.2, 0) is 4.79 Å². The Hall–Kier alpha value is -3.47. The van der Waals surface area contributed by atoms with Crippen LogP contribution in [0.15, 0.2) is 39.7 Å². The molecule has 0 aliphatic carbocycles. The molecule has 1 aromatic carbocycles. The van der Waals surface area contributed by atoms with Gasteiger partial charge in [0.15, 0.2) is 0 Å². The number of non-ortho nitro benzene ring substituents is 1. The molecule has 26 heavy (non-hydrogen) atoms. The van der Waals surface area contributed by atoms with Crippen molar-refractivity contribution in [3.63, 3.8) is 0 Å². The second kappa shape index (κ2) is 6.44. The zero-order valence-electron chi connectivity index (χ0n) is 13.1. The molecule has 1 aromatic heterocycles. The van der Waals surface area contributed by atoms with Gasteiger partial charge in [-0.15, -0.1) is 0 Å². The minimum Gasteiger partial charge on any atom is -0.456 e. The Kier molecular flexibility index (Phi) is 4.30. The molecule has 2 amide bonds. The maximum atomic E-state index is 11.9. The van der Waals surface area contributed by atoms with Crippen molar-refractivity contribution < 1.29 is 23.9 Å². The molecule has 3 rings (SSSR count). The zero-order chi connectivity index (χ0) is 19.0. The third-order valence-corrected chi connectivity index (χ3v) is 4.50. The minimum atomic E-state index is -0.743. The number of furan rings is 1. The number of nitro groups is 2. The highest BCUT2D eigenvalue weighted by molar-refractivity contribution is 8.18. The fourth-order valence-electron chi connectivity index (χ4n) is 2.24. The van der Waals surface area contributed by atoms with E-state index in [0.29, 0.717) is 0 Å². The largest absolute Gasteiger partial charge is 0.456 e. The molecule has 1 aliphatic heterocycles. The van der Waals surface area contributed by atoms with Gasteiger partial charge in [-0.25, -0.2) is 0 Å². The Morgan fingerprint density at radius 3 is 2.42 bits per heavy atom. The van der Waals surface area contributed by atoms with E-state index >= 15 is 0 Å². The van der Waals surface area contributed by atoms with E-state index < -0.39 is 32.4 Å². The average Bonchev–Trinajstić information content (AvgIpc) is 3.15. The van der Waals surface area contributed by atoms with Crippen molar-refractivity contribution in [2.75, 3.05) is 7.05 Å². The molecule has 0 unspecified atom stereocenters. The number of rotatable bonds is 4. The van der Waals surface area contributed by atoms with Gasteiger partial charge >= 0.3 is 0 Å². The van der Waals surface area contributed by atoms with E-state index in [0.717, 1.165) is 28.8 Å². The Bertz CT molecular complexity index is 995. The van der Waals surface area contributed by atoms with Crippen LogP contribution in [0.1, 0.15) is 5.76 Å². The number of thioether (sulfide) groups is 1. The third kappa shape index (κ3) is 3.07. The number of hydrogen-bond donors (Lipinski definition) is 0. The summed E-state index contributed by atoms with van der Waals surface area (Å²) in [5.41, 5.74) is -0.832. The summed E-state index contributed by atoms with van der Waals surface area (Å²) in [5, 5.41) is 21.6. The monoisotopic (exact) mass is 375 g/mol. The van der Waals surface area contributed by atoms with Gasteiger partial charge in [-0.3, -0.25) is 34.7 Å². The minimum absolute atomic E-state index is 0.0591. The predicted molar refractivity (Wildman–Crippen MR) is 91.2 cm³/mol. The van der Waals surface area contributed by atoms with E-state index in [4.69, 9.17) is 4.42 Å². The van der Waals surface area contributed by atoms with Gasteiger partial charge in [-0.2, -0.15) is 0 Å². The molecule has 2 aromatic rings. The number of imide groups is 1.